The lowest BCUT2D eigenvalue weighted by molar-refractivity contribution is -0.125. The highest BCUT2D eigenvalue weighted by molar-refractivity contribution is 6.32. The van der Waals surface area contributed by atoms with E-state index >= 15 is 0 Å². The Morgan fingerprint density at radius 3 is 2.31 bits per heavy atom. The van der Waals surface area contributed by atoms with E-state index in [1.54, 1.807) is 0 Å². The van der Waals surface area contributed by atoms with Crippen molar-refractivity contribution >= 4 is 46.1 Å². The van der Waals surface area contributed by atoms with Gasteiger partial charge in [-0.1, -0.05) is 23.7 Å². The lowest BCUT2D eigenvalue weighted by atomic mass is 10.1. The topological polar surface area (TPSA) is 104 Å². The molecule has 0 aliphatic carbocycles. The molecule has 0 saturated carbocycles. The molecule has 13 heteroatoms. The third-order valence-electron chi connectivity index (χ3n) is 4.94. The van der Waals surface area contributed by atoms with Crippen molar-refractivity contribution in [3.63, 3.8) is 0 Å². The summed E-state index contributed by atoms with van der Waals surface area (Å²) in [4.78, 5) is 41.4. The number of carbonyl (C=O) groups is 2. The zero-order valence-corrected chi connectivity index (χ0v) is 18.3. The van der Waals surface area contributed by atoms with Gasteiger partial charge in [-0.2, -0.15) is 0 Å². The van der Waals surface area contributed by atoms with Crippen LogP contribution in [0, 0.1) is 5.82 Å². The van der Waals surface area contributed by atoms with Crippen molar-refractivity contribution in [3.05, 3.63) is 78.1 Å². The fourth-order valence-corrected chi connectivity index (χ4v) is 3.49. The number of carbonyl (C=O) groups excluding carboxylic acids is 2. The Balaban J connectivity index is 1.77. The minimum atomic E-state index is -2.78. The highest BCUT2D eigenvalue weighted by Gasteiger charge is 2.36. The molecule has 2 aromatic heterocycles. The lowest BCUT2D eigenvalue weighted by Gasteiger charge is -2.31. The largest absolute Gasteiger partial charge is 0.324 e. The molecular weight excluding hydrogens is 492 g/mol. The van der Waals surface area contributed by atoms with Gasteiger partial charge in [-0.3, -0.25) is 19.8 Å². The Bertz CT molecular complexity index is 1350. The van der Waals surface area contributed by atoms with E-state index in [1.165, 1.54) is 36.9 Å². The highest BCUT2D eigenvalue weighted by Crippen LogP contribution is 2.31. The van der Waals surface area contributed by atoms with E-state index < -0.39 is 35.7 Å². The van der Waals surface area contributed by atoms with Crippen molar-refractivity contribution in [2.24, 2.45) is 0 Å². The predicted octanol–water partition coefficient (Wildman–Crippen LogP) is 4.68. The molecule has 180 valence electrons. The first-order valence-electron chi connectivity index (χ1n) is 9.95. The Labute approximate surface area is 200 Å². The molecular formula is C22H15ClF4N6O2. The lowest BCUT2D eigenvalue weighted by Crippen LogP contribution is -2.44. The van der Waals surface area contributed by atoms with Crippen LogP contribution in [0.1, 0.15) is 23.6 Å². The second kappa shape index (κ2) is 10.1. The van der Waals surface area contributed by atoms with Crippen LogP contribution in [-0.2, 0) is 9.59 Å². The molecule has 2 unspecified atom stereocenters. The summed E-state index contributed by atoms with van der Waals surface area (Å²) in [6, 6.07) is 6.49. The molecule has 0 aliphatic heterocycles. The van der Waals surface area contributed by atoms with Crippen molar-refractivity contribution in [3.8, 4) is 0 Å². The van der Waals surface area contributed by atoms with Gasteiger partial charge in [-0.05, 0) is 30.3 Å². The summed E-state index contributed by atoms with van der Waals surface area (Å²) in [5.74, 6) is -2.82. The minimum Gasteiger partial charge on any atom is -0.324 e. The first kappa shape index (κ1) is 24.1. The molecule has 2 aromatic carbocycles. The minimum absolute atomic E-state index is 0.0655. The molecule has 0 bridgehead atoms. The van der Waals surface area contributed by atoms with Crippen LogP contribution in [0.2, 0.25) is 0 Å². The van der Waals surface area contributed by atoms with Crippen molar-refractivity contribution in [1.82, 2.24) is 19.9 Å². The number of fused-ring (bicyclic) bond motifs is 1. The van der Waals surface area contributed by atoms with Crippen LogP contribution in [-0.4, -0.2) is 37.4 Å². The monoisotopic (exact) mass is 506 g/mol. The Hall–Kier alpha value is -4.06. The molecule has 8 nitrogen and oxygen atoms in total. The van der Waals surface area contributed by atoms with Gasteiger partial charge in [0, 0.05) is 29.2 Å². The molecule has 2 heterocycles. The Morgan fingerprint density at radius 1 is 1.00 bits per heavy atom. The van der Waals surface area contributed by atoms with E-state index in [2.05, 4.69) is 25.3 Å². The number of hydrogen-bond acceptors (Lipinski definition) is 5. The number of aromatic nitrogens is 4. The van der Waals surface area contributed by atoms with E-state index in [9.17, 15) is 27.2 Å². The molecule has 2 atom stereocenters. The van der Waals surface area contributed by atoms with E-state index in [0.29, 0.717) is 15.9 Å². The molecule has 4 aromatic rings. The average molecular weight is 507 g/mol. The summed E-state index contributed by atoms with van der Waals surface area (Å²) in [7, 11) is 0. The number of halogens is 5. The van der Waals surface area contributed by atoms with Crippen LogP contribution in [0.4, 0.5) is 29.2 Å². The van der Waals surface area contributed by atoms with E-state index in [4.69, 9.17) is 11.6 Å². The fraction of sp³-hybridized carbons (Fsp3) is 0.136. The van der Waals surface area contributed by atoms with Crippen LogP contribution >= 0.6 is 11.6 Å². The molecule has 0 saturated heterocycles. The van der Waals surface area contributed by atoms with Crippen LogP contribution in [0.15, 0.2) is 61.2 Å². The number of imidazole rings is 1. The van der Waals surface area contributed by atoms with Crippen molar-refractivity contribution in [2.75, 3.05) is 10.2 Å². The summed E-state index contributed by atoms with van der Waals surface area (Å²) >= 11 is 5.42. The molecule has 2 amide bonds. The predicted molar refractivity (Wildman–Crippen MR) is 119 cm³/mol. The molecule has 2 N–H and O–H groups in total. The van der Waals surface area contributed by atoms with Gasteiger partial charge in [-0.25, -0.2) is 32.5 Å². The molecule has 35 heavy (non-hydrogen) atoms. The van der Waals surface area contributed by atoms with Gasteiger partial charge < -0.3 is 4.98 Å². The Kier molecular flexibility index (Phi) is 6.92. The second-order valence-electron chi connectivity index (χ2n) is 7.21. The number of hydrogen-bond donors (Lipinski definition) is 2. The van der Waals surface area contributed by atoms with Gasteiger partial charge in [0.1, 0.15) is 18.2 Å². The summed E-state index contributed by atoms with van der Waals surface area (Å²) < 4.78 is 53.6. The number of rotatable bonds is 7. The third-order valence-corrected chi connectivity index (χ3v) is 5.12. The number of anilines is 2. The summed E-state index contributed by atoms with van der Waals surface area (Å²) in [6.45, 7) is 0. The number of amides is 2. The van der Waals surface area contributed by atoms with E-state index in [-0.39, 0.29) is 22.8 Å². The molecule has 0 spiro atoms. The van der Waals surface area contributed by atoms with Gasteiger partial charge in [0.05, 0.1) is 11.0 Å². The first-order valence-corrected chi connectivity index (χ1v) is 10.4. The summed E-state index contributed by atoms with van der Waals surface area (Å²) in [5.41, 5.74) is -2.28. The quantitative estimate of drug-likeness (QED) is 0.280. The summed E-state index contributed by atoms with van der Waals surface area (Å²) in [6.07, 6.45) is 0.839. The van der Waals surface area contributed by atoms with Crippen LogP contribution in [0.5, 0.6) is 0 Å². The van der Waals surface area contributed by atoms with Gasteiger partial charge in [0.2, 0.25) is 5.95 Å². The van der Waals surface area contributed by atoms with Crippen LogP contribution < -0.4 is 10.2 Å². The fourth-order valence-electron chi connectivity index (χ4n) is 3.38. The van der Waals surface area contributed by atoms with Gasteiger partial charge >= 0.3 is 0 Å². The number of nitrogens with zero attached hydrogens (tertiary/aromatic N) is 4. The zero-order chi connectivity index (χ0) is 25.1. The van der Waals surface area contributed by atoms with Gasteiger partial charge in [0.25, 0.3) is 23.9 Å². The number of H-pyrrole nitrogens is 1. The highest BCUT2D eigenvalue weighted by atomic mass is 35.5. The number of benzene rings is 2. The normalized spacial score (nSPS) is 13.0. The maximum atomic E-state index is 14.0. The van der Waals surface area contributed by atoms with Gasteiger partial charge in [0.15, 0.2) is 0 Å². The zero-order valence-electron chi connectivity index (χ0n) is 17.5. The summed E-state index contributed by atoms with van der Waals surface area (Å²) in [5, 5.41) is 2.46. The number of nitrogens with one attached hydrogen (secondary N) is 2. The van der Waals surface area contributed by atoms with E-state index in [1.807, 2.05) is 0 Å². The van der Waals surface area contributed by atoms with Crippen molar-refractivity contribution in [2.45, 2.75) is 18.1 Å². The maximum absolute atomic E-state index is 14.0. The molecule has 4 rings (SSSR count). The second-order valence-corrected chi connectivity index (χ2v) is 7.59. The standard InChI is InChI=1S/C22H15ClF4N6O2/c23-18(25)21(35)33(14-4-1-11(2-5-14)19(26)27)17(12-8-28-10-29-9-12)20(34)32-22-30-15-6-3-13(24)7-16(15)31-22/h1-10,17-19H,(H2,30,31,32,34). The van der Waals surface area contributed by atoms with Crippen LogP contribution in [0.25, 0.3) is 11.0 Å². The number of aromatic amines is 1. The van der Waals surface area contributed by atoms with Gasteiger partial charge in [-0.15, -0.1) is 0 Å². The molecule has 0 aliphatic rings. The molecule has 0 fully saturated rings. The SMILES string of the molecule is O=C(Nc1nc2ccc(F)cc2[nH]1)C(c1cncnc1)N(C(=O)C(F)Cl)c1ccc(C(F)F)cc1. The molecule has 0 radical (unpaired) electrons. The number of alkyl halides is 4. The smallest absolute Gasteiger partial charge is 0.278 e. The van der Waals surface area contributed by atoms with Crippen LogP contribution in [0.3, 0.4) is 0 Å². The third kappa shape index (κ3) is 5.22. The first-order chi connectivity index (χ1) is 16.7. The van der Waals surface area contributed by atoms with Crippen molar-refractivity contribution < 1.29 is 27.2 Å². The maximum Gasteiger partial charge on any atom is 0.278 e. The average Bonchev–Trinajstić information content (AvgIpc) is 3.23. The van der Waals surface area contributed by atoms with E-state index in [0.717, 1.165) is 24.3 Å². The van der Waals surface area contributed by atoms with Crippen molar-refractivity contribution in [1.29, 1.82) is 0 Å². The Morgan fingerprint density at radius 2 is 1.69 bits per heavy atom.